The first kappa shape index (κ1) is 9.85. The van der Waals surface area contributed by atoms with Gasteiger partial charge in [-0.25, -0.2) is 0 Å². The zero-order valence-electron chi connectivity index (χ0n) is 8.59. The van der Waals surface area contributed by atoms with E-state index in [9.17, 15) is 0 Å². The highest BCUT2D eigenvalue weighted by atomic mass is 14.9. The van der Waals surface area contributed by atoms with Gasteiger partial charge in [0.05, 0.1) is 0 Å². The molecule has 0 saturated carbocycles. The Bertz CT molecular complexity index is 300. The van der Waals surface area contributed by atoms with Crippen molar-refractivity contribution >= 4 is 5.69 Å². The minimum atomic E-state index is 0.903. The number of benzene rings is 1. The molecule has 0 aliphatic rings. The summed E-state index contributed by atoms with van der Waals surface area (Å²) in [6.07, 6.45) is 4.16. The summed E-state index contributed by atoms with van der Waals surface area (Å²) < 4.78 is 0. The standard InChI is InChI=1S/C12H17N/c1-4-5-8-13-12-7-6-10(2)9-11(12)3/h4-7,9,13H,8H2,1-3H3/b5-4+. The molecule has 1 rings (SSSR count). The summed E-state index contributed by atoms with van der Waals surface area (Å²) in [7, 11) is 0. The fourth-order valence-electron chi connectivity index (χ4n) is 1.30. The number of hydrogen-bond acceptors (Lipinski definition) is 1. The smallest absolute Gasteiger partial charge is 0.0372 e. The summed E-state index contributed by atoms with van der Waals surface area (Å²) in [6.45, 7) is 7.18. The van der Waals surface area contributed by atoms with Crippen molar-refractivity contribution in [3.05, 3.63) is 41.5 Å². The highest BCUT2D eigenvalue weighted by Crippen LogP contribution is 2.15. The Morgan fingerprint density at radius 1 is 1.31 bits per heavy atom. The molecule has 1 aromatic rings. The Balaban J connectivity index is 2.66. The average Bonchev–Trinajstić information content (AvgIpc) is 2.09. The minimum Gasteiger partial charge on any atom is -0.381 e. The predicted octanol–water partition coefficient (Wildman–Crippen LogP) is 3.29. The zero-order chi connectivity index (χ0) is 9.68. The highest BCUT2D eigenvalue weighted by Gasteiger charge is 1.94. The second-order valence-corrected chi connectivity index (χ2v) is 3.27. The maximum Gasteiger partial charge on any atom is 0.0372 e. The molecule has 1 aromatic carbocycles. The summed E-state index contributed by atoms with van der Waals surface area (Å²) in [4.78, 5) is 0. The topological polar surface area (TPSA) is 12.0 Å². The minimum absolute atomic E-state index is 0.903. The second kappa shape index (κ2) is 4.70. The lowest BCUT2D eigenvalue weighted by atomic mass is 10.1. The monoisotopic (exact) mass is 175 g/mol. The van der Waals surface area contributed by atoms with E-state index >= 15 is 0 Å². The molecule has 0 bridgehead atoms. The molecule has 0 aliphatic carbocycles. The Labute approximate surface area is 80.5 Å². The van der Waals surface area contributed by atoms with Crippen molar-refractivity contribution in [3.63, 3.8) is 0 Å². The predicted molar refractivity (Wildman–Crippen MR) is 59.2 cm³/mol. The maximum atomic E-state index is 3.35. The third kappa shape index (κ3) is 2.94. The van der Waals surface area contributed by atoms with Gasteiger partial charge in [0.25, 0.3) is 0 Å². The van der Waals surface area contributed by atoms with Gasteiger partial charge in [-0.1, -0.05) is 29.8 Å². The number of rotatable bonds is 3. The molecule has 0 radical (unpaired) electrons. The van der Waals surface area contributed by atoms with Crippen LogP contribution >= 0.6 is 0 Å². The number of aryl methyl sites for hydroxylation is 2. The molecule has 70 valence electrons. The van der Waals surface area contributed by atoms with Crippen LogP contribution in [-0.4, -0.2) is 6.54 Å². The maximum absolute atomic E-state index is 3.35. The van der Waals surface area contributed by atoms with Crippen LogP contribution in [0.15, 0.2) is 30.4 Å². The van der Waals surface area contributed by atoms with Crippen molar-refractivity contribution in [1.29, 1.82) is 0 Å². The van der Waals surface area contributed by atoms with Crippen LogP contribution in [0.25, 0.3) is 0 Å². The van der Waals surface area contributed by atoms with Crippen molar-refractivity contribution < 1.29 is 0 Å². The SMILES string of the molecule is C/C=C/CNc1ccc(C)cc1C. The van der Waals surface area contributed by atoms with Crippen molar-refractivity contribution in [2.75, 3.05) is 11.9 Å². The Morgan fingerprint density at radius 2 is 2.08 bits per heavy atom. The van der Waals surface area contributed by atoms with E-state index in [1.807, 2.05) is 6.92 Å². The van der Waals surface area contributed by atoms with Crippen LogP contribution in [0.2, 0.25) is 0 Å². The van der Waals surface area contributed by atoms with Gasteiger partial charge >= 0.3 is 0 Å². The van der Waals surface area contributed by atoms with Crippen molar-refractivity contribution in [1.82, 2.24) is 0 Å². The lowest BCUT2D eigenvalue weighted by Gasteiger charge is -2.07. The molecule has 0 aliphatic heterocycles. The van der Waals surface area contributed by atoms with Gasteiger partial charge in [0, 0.05) is 12.2 Å². The molecule has 1 N–H and O–H groups in total. The van der Waals surface area contributed by atoms with Gasteiger partial charge in [-0.15, -0.1) is 0 Å². The molecule has 0 heterocycles. The molecule has 0 amide bonds. The molecule has 0 aromatic heterocycles. The molecule has 0 unspecified atom stereocenters. The van der Waals surface area contributed by atoms with Crippen LogP contribution < -0.4 is 5.32 Å². The fraction of sp³-hybridized carbons (Fsp3) is 0.333. The lowest BCUT2D eigenvalue weighted by molar-refractivity contribution is 1.28. The van der Waals surface area contributed by atoms with Gasteiger partial charge in [-0.05, 0) is 32.4 Å². The van der Waals surface area contributed by atoms with E-state index in [2.05, 4.69) is 49.5 Å². The normalized spacial score (nSPS) is 10.7. The summed E-state index contributed by atoms with van der Waals surface area (Å²) in [5.41, 5.74) is 3.85. The summed E-state index contributed by atoms with van der Waals surface area (Å²) in [5.74, 6) is 0. The average molecular weight is 175 g/mol. The zero-order valence-corrected chi connectivity index (χ0v) is 8.59. The van der Waals surface area contributed by atoms with Crippen LogP contribution in [0.3, 0.4) is 0 Å². The van der Waals surface area contributed by atoms with Crippen molar-refractivity contribution in [2.24, 2.45) is 0 Å². The number of nitrogens with one attached hydrogen (secondary N) is 1. The summed E-state index contributed by atoms with van der Waals surface area (Å²) >= 11 is 0. The van der Waals surface area contributed by atoms with Gasteiger partial charge in [-0.3, -0.25) is 0 Å². The van der Waals surface area contributed by atoms with Crippen LogP contribution in [0.1, 0.15) is 18.1 Å². The molecular weight excluding hydrogens is 158 g/mol. The van der Waals surface area contributed by atoms with E-state index < -0.39 is 0 Å². The van der Waals surface area contributed by atoms with E-state index in [0.29, 0.717) is 0 Å². The third-order valence-corrected chi connectivity index (χ3v) is 2.03. The molecule has 0 atom stereocenters. The van der Waals surface area contributed by atoms with E-state index in [1.54, 1.807) is 0 Å². The number of anilines is 1. The van der Waals surface area contributed by atoms with Gasteiger partial charge < -0.3 is 5.32 Å². The van der Waals surface area contributed by atoms with Crippen molar-refractivity contribution in [2.45, 2.75) is 20.8 Å². The summed E-state index contributed by atoms with van der Waals surface area (Å²) in [5, 5.41) is 3.35. The quantitative estimate of drug-likeness (QED) is 0.695. The fourth-order valence-corrected chi connectivity index (χ4v) is 1.30. The van der Waals surface area contributed by atoms with E-state index in [-0.39, 0.29) is 0 Å². The number of hydrogen-bond donors (Lipinski definition) is 1. The van der Waals surface area contributed by atoms with E-state index in [1.165, 1.54) is 16.8 Å². The third-order valence-electron chi connectivity index (χ3n) is 2.03. The largest absolute Gasteiger partial charge is 0.381 e. The van der Waals surface area contributed by atoms with Gasteiger partial charge in [-0.2, -0.15) is 0 Å². The van der Waals surface area contributed by atoms with Gasteiger partial charge in [0.15, 0.2) is 0 Å². The Hall–Kier alpha value is -1.24. The van der Waals surface area contributed by atoms with Gasteiger partial charge in [0.1, 0.15) is 0 Å². The Kier molecular flexibility index (Phi) is 3.56. The first-order valence-electron chi connectivity index (χ1n) is 4.66. The molecule has 0 saturated heterocycles. The molecule has 0 fully saturated rings. The molecule has 0 spiro atoms. The second-order valence-electron chi connectivity index (χ2n) is 3.27. The molecule has 1 nitrogen and oxygen atoms in total. The lowest BCUT2D eigenvalue weighted by Crippen LogP contribution is -1.99. The number of allylic oxidation sites excluding steroid dienone is 1. The van der Waals surface area contributed by atoms with E-state index in [0.717, 1.165) is 6.54 Å². The van der Waals surface area contributed by atoms with Crippen molar-refractivity contribution in [3.8, 4) is 0 Å². The van der Waals surface area contributed by atoms with Crippen LogP contribution in [-0.2, 0) is 0 Å². The van der Waals surface area contributed by atoms with Crippen LogP contribution in [0.4, 0.5) is 5.69 Å². The highest BCUT2D eigenvalue weighted by molar-refractivity contribution is 5.52. The molecule has 1 heteroatoms. The van der Waals surface area contributed by atoms with Crippen LogP contribution in [0, 0.1) is 13.8 Å². The Morgan fingerprint density at radius 3 is 2.69 bits per heavy atom. The van der Waals surface area contributed by atoms with Crippen LogP contribution in [0.5, 0.6) is 0 Å². The molecular formula is C12H17N. The molecule has 13 heavy (non-hydrogen) atoms. The van der Waals surface area contributed by atoms with E-state index in [4.69, 9.17) is 0 Å². The van der Waals surface area contributed by atoms with Gasteiger partial charge in [0.2, 0.25) is 0 Å². The summed E-state index contributed by atoms with van der Waals surface area (Å²) in [6, 6.07) is 6.46. The first-order valence-corrected chi connectivity index (χ1v) is 4.66. The first-order chi connectivity index (χ1) is 6.24.